The zero-order valence-electron chi connectivity index (χ0n) is 16.6. The van der Waals surface area contributed by atoms with Crippen LogP contribution in [0.15, 0.2) is 60.0 Å². The SMILES string of the molecule is CC(C)COC(=O)N(C)CC[C@H](Oc1cccc2ccccc12)c1cccs1. The third kappa shape index (κ3) is 5.26. The Morgan fingerprint density at radius 2 is 1.86 bits per heavy atom. The maximum absolute atomic E-state index is 12.1. The quantitative estimate of drug-likeness (QED) is 0.458. The minimum absolute atomic E-state index is 0.119. The Labute approximate surface area is 170 Å². The van der Waals surface area contributed by atoms with Gasteiger partial charge in [0.25, 0.3) is 0 Å². The van der Waals surface area contributed by atoms with Crippen LogP contribution in [0.5, 0.6) is 5.75 Å². The lowest BCUT2D eigenvalue weighted by Gasteiger charge is -2.23. The van der Waals surface area contributed by atoms with Gasteiger partial charge in [0, 0.05) is 30.3 Å². The highest BCUT2D eigenvalue weighted by molar-refractivity contribution is 7.10. The highest BCUT2D eigenvalue weighted by atomic mass is 32.1. The Kier molecular flexibility index (Phi) is 6.93. The van der Waals surface area contributed by atoms with Crippen molar-refractivity contribution in [2.45, 2.75) is 26.4 Å². The summed E-state index contributed by atoms with van der Waals surface area (Å²) >= 11 is 1.67. The van der Waals surface area contributed by atoms with Gasteiger partial charge >= 0.3 is 6.09 Å². The van der Waals surface area contributed by atoms with Crippen molar-refractivity contribution in [1.82, 2.24) is 4.90 Å². The van der Waals surface area contributed by atoms with E-state index < -0.39 is 0 Å². The van der Waals surface area contributed by atoms with Crippen molar-refractivity contribution in [2.24, 2.45) is 5.92 Å². The molecule has 1 atom stereocenters. The summed E-state index contributed by atoms with van der Waals surface area (Å²) in [7, 11) is 1.77. The molecular weight excluding hydrogens is 370 g/mol. The first kappa shape index (κ1) is 20.2. The molecule has 28 heavy (non-hydrogen) atoms. The Morgan fingerprint density at radius 1 is 1.07 bits per heavy atom. The van der Waals surface area contributed by atoms with Gasteiger partial charge < -0.3 is 14.4 Å². The third-order valence-electron chi connectivity index (χ3n) is 4.46. The average molecular weight is 398 g/mol. The zero-order valence-corrected chi connectivity index (χ0v) is 17.4. The van der Waals surface area contributed by atoms with Gasteiger partial charge in [0.15, 0.2) is 0 Å². The predicted molar refractivity (Wildman–Crippen MR) is 115 cm³/mol. The van der Waals surface area contributed by atoms with Gasteiger partial charge in [0.1, 0.15) is 11.9 Å². The van der Waals surface area contributed by atoms with E-state index in [2.05, 4.69) is 29.6 Å². The second-order valence-corrected chi connectivity index (χ2v) is 8.26. The van der Waals surface area contributed by atoms with Crippen LogP contribution in [-0.4, -0.2) is 31.2 Å². The number of rotatable bonds is 8. The number of ether oxygens (including phenoxy) is 2. The maximum Gasteiger partial charge on any atom is 0.409 e. The minimum Gasteiger partial charge on any atom is -0.484 e. The fourth-order valence-corrected chi connectivity index (χ4v) is 3.72. The van der Waals surface area contributed by atoms with E-state index in [4.69, 9.17) is 9.47 Å². The lowest BCUT2D eigenvalue weighted by molar-refractivity contribution is 0.0942. The molecule has 3 aromatic rings. The molecule has 0 fully saturated rings. The van der Waals surface area contributed by atoms with Gasteiger partial charge in [0.2, 0.25) is 0 Å². The molecule has 0 N–H and O–H groups in total. The zero-order chi connectivity index (χ0) is 19.9. The molecule has 148 valence electrons. The van der Waals surface area contributed by atoms with Crippen LogP contribution >= 0.6 is 11.3 Å². The van der Waals surface area contributed by atoms with Gasteiger partial charge in [-0.15, -0.1) is 11.3 Å². The van der Waals surface area contributed by atoms with Crippen molar-refractivity contribution in [3.63, 3.8) is 0 Å². The van der Waals surface area contributed by atoms with Gasteiger partial charge in [-0.2, -0.15) is 0 Å². The molecule has 0 spiro atoms. The van der Waals surface area contributed by atoms with Gasteiger partial charge in [-0.3, -0.25) is 0 Å². The van der Waals surface area contributed by atoms with E-state index in [1.165, 1.54) is 0 Å². The molecular formula is C23H27NO3S. The van der Waals surface area contributed by atoms with Crippen molar-refractivity contribution in [3.8, 4) is 5.75 Å². The first-order valence-electron chi connectivity index (χ1n) is 9.60. The molecule has 0 bridgehead atoms. The van der Waals surface area contributed by atoms with E-state index in [1.807, 2.05) is 44.2 Å². The highest BCUT2D eigenvalue weighted by Crippen LogP contribution is 2.32. The van der Waals surface area contributed by atoms with Crippen molar-refractivity contribution in [1.29, 1.82) is 0 Å². The lowest BCUT2D eigenvalue weighted by Crippen LogP contribution is -2.30. The lowest BCUT2D eigenvalue weighted by atomic mass is 10.1. The van der Waals surface area contributed by atoms with E-state index in [0.717, 1.165) is 21.4 Å². The van der Waals surface area contributed by atoms with Crippen LogP contribution in [-0.2, 0) is 4.74 Å². The normalized spacial score (nSPS) is 12.1. The van der Waals surface area contributed by atoms with Crippen LogP contribution in [0, 0.1) is 5.92 Å². The summed E-state index contributed by atoms with van der Waals surface area (Å²) in [5.74, 6) is 1.19. The number of fused-ring (bicyclic) bond motifs is 1. The fraction of sp³-hybridized carbons (Fsp3) is 0.348. The average Bonchev–Trinajstić information content (AvgIpc) is 3.23. The second kappa shape index (κ2) is 9.60. The van der Waals surface area contributed by atoms with E-state index in [-0.39, 0.29) is 12.2 Å². The number of amides is 1. The molecule has 1 aromatic heterocycles. The topological polar surface area (TPSA) is 38.8 Å². The smallest absolute Gasteiger partial charge is 0.409 e. The number of nitrogens with zero attached hydrogens (tertiary/aromatic N) is 1. The fourth-order valence-electron chi connectivity index (χ4n) is 2.94. The monoisotopic (exact) mass is 397 g/mol. The molecule has 0 unspecified atom stereocenters. The molecule has 1 heterocycles. The largest absolute Gasteiger partial charge is 0.484 e. The standard InChI is InChI=1S/C23H27NO3S/c1-17(2)16-26-23(25)24(3)14-13-21(22-12-7-15-28-22)27-20-11-6-9-18-8-4-5-10-19(18)20/h4-12,15,17,21H,13-14,16H2,1-3H3/t21-/m0/s1. The summed E-state index contributed by atoms with van der Waals surface area (Å²) in [6.45, 7) is 5.05. The molecule has 0 saturated heterocycles. The number of benzene rings is 2. The molecule has 2 aromatic carbocycles. The summed E-state index contributed by atoms with van der Waals surface area (Å²) < 4.78 is 11.7. The molecule has 5 heteroatoms. The predicted octanol–water partition coefficient (Wildman–Crippen LogP) is 6.14. The Morgan fingerprint density at radius 3 is 2.61 bits per heavy atom. The number of thiophene rings is 1. The van der Waals surface area contributed by atoms with Crippen molar-refractivity contribution < 1.29 is 14.3 Å². The van der Waals surface area contributed by atoms with Crippen molar-refractivity contribution in [3.05, 3.63) is 64.9 Å². The third-order valence-corrected chi connectivity index (χ3v) is 5.42. The summed E-state index contributed by atoms with van der Waals surface area (Å²) in [5, 5.41) is 4.30. The molecule has 0 saturated carbocycles. The van der Waals surface area contributed by atoms with E-state index >= 15 is 0 Å². The van der Waals surface area contributed by atoms with Crippen molar-refractivity contribution in [2.75, 3.05) is 20.2 Å². The number of carbonyl (C=O) groups is 1. The van der Waals surface area contributed by atoms with Crippen LogP contribution in [0.1, 0.15) is 31.2 Å². The van der Waals surface area contributed by atoms with Gasteiger partial charge in [-0.05, 0) is 28.8 Å². The molecule has 1 amide bonds. The van der Waals surface area contributed by atoms with Crippen LogP contribution < -0.4 is 4.74 Å². The summed E-state index contributed by atoms with van der Waals surface area (Å²) in [6, 6.07) is 18.4. The minimum atomic E-state index is -0.288. The summed E-state index contributed by atoms with van der Waals surface area (Å²) in [5.41, 5.74) is 0. The van der Waals surface area contributed by atoms with Crippen LogP contribution in [0.4, 0.5) is 4.79 Å². The molecule has 0 aliphatic carbocycles. The molecule has 4 nitrogen and oxygen atoms in total. The first-order valence-corrected chi connectivity index (χ1v) is 10.5. The number of hydrogen-bond acceptors (Lipinski definition) is 4. The Bertz CT molecular complexity index is 887. The van der Waals surface area contributed by atoms with Gasteiger partial charge in [0.05, 0.1) is 6.61 Å². The number of carbonyl (C=O) groups excluding carboxylic acids is 1. The molecule has 0 aliphatic heterocycles. The van der Waals surface area contributed by atoms with Gasteiger partial charge in [-0.1, -0.05) is 56.3 Å². The number of hydrogen-bond donors (Lipinski definition) is 0. The van der Waals surface area contributed by atoms with E-state index in [9.17, 15) is 4.79 Å². The van der Waals surface area contributed by atoms with Crippen LogP contribution in [0.25, 0.3) is 10.8 Å². The Hall–Kier alpha value is -2.53. The Balaban J connectivity index is 1.71. The summed E-state index contributed by atoms with van der Waals surface area (Å²) in [4.78, 5) is 14.9. The second-order valence-electron chi connectivity index (χ2n) is 7.28. The summed E-state index contributed by atoms with van der Waals surface area (Å²) in [6.07, 6.45) is 0.284. The van der Waals surface area contributed by atoms with Crippen LogP contribution in [0.3, 0.4) is 0 Å². The molecule has 3 rings (SSSR count). The maximum atomic E-state index is 12.1. The molecule has 0 radical (unpaired) electrons. The molecule has 0 aliphatic rings. The van der Waals surface area contributed by atoms with E-state index in [1.54, 1.807) is 23.3 Å². The van der Waals surface area contributed by atoms with Gasteiger partial charge in [-0.25, -0.2) is 4.79 Å². The first-order chi connectivity index (χ1) is 13.5. The highest BCUT2D eigenvalue weighted by Gasteiger charge is 2.19. The van der Waals surface area contributed by atoms with Crippen molar-refractivity contribution >= 4 is 28.2 Å². The van der Waals surface area contributed by atoms with Crippen LogP contribution in [0.2, 0.25) is 0 Å². The van der Waals surface area contributed by atoms with E-state index in [0.29, 0.717) is 25.5 Å².